The summed E-state index contributed by atoms with van der Waals surface area (Å²) in [4.78, 5) is 38.9. The molecule has 1 atom stereocenters. The summed E-state index contributed by atoms with van der Waals surface area (Å²) < 4.78 is 16.4. The lowest BCUT2D eigenvalue weighted by atomic mass is 10.1. The third kappa shape index (κ3) is 5.83. The van der Waals surface area contributed by atoms with Crippen LogP contribution in [0.4, 0.5) is 11.4 Å². The number of benzene rings is 3. The van der Waals surface area contributed by atoms with Gasteiger partial charge in [0.1, 0.15) is 5.75 Å². The van der Waals surface area contributed by atoms with Gasteiger partial charge in [0.2, 0.25) is 5.91 Å². The Balaban J connectivity index is 1.31. The Morgan fingerprint density at radius 3 is 2.44 bits per heavy atom. The van der Waals surface area contributed by atoms with Crippen LogP contribution < -0.4 is 19.7 Å². The molecule has 3 aromatic rings. The molecule has 0 spiro atoms. The first-order valence-corrected chi connectivity index (χ1v) is 11.6. The minimum Gasteiger partial charge on any atom is -0.493 e. The first kappa shape index (κ1) is 24.8. The minimum absolute atomic E-state index is 0.0247. The molecule has 1 aliphatic heterocycles. The van der Waals surface area contributed by atoms with Gasteiger partial charge in [0.25, 0.3) is 5.91 Å². The highest BCUT2D eigenvalue weighted by atomic mass is 16.5. The molecule has 1 N–H and O–H groups in total. The summed E-state index contributed by atoms with van der Waals surface area (Å²) in [5.74, 6) is -0.0527. The topological polar surface area (TPSA) is 94.2 Å². The van der Waals surface area contributed by atoms with Gasteiger partial charge in [0, 0.05) is 24.3 Å². The van der Waals surface area contributed by atoms with Gasteiger partial charge in [0.05, 0.1) is 13.0 Å². The molecule has 1 heterocycles. The number of amides is 2. The second-order valence-corrected chi connectivity index (χ2v) is 8.63. The zero-order valence-corrected chi connectivity index (χ0v) is 20.4. The van der Waals surface area contributed by atoms with E-state index in [-0.39, 0.29) is 18.9 Å². The highest BCUT2D eigenvalue weighted by Gasteiger charge is 2.36. The van der Waals surface area contributed by atoms with Crippen LogP contribution in [0.3, 0.4) is 0 Å². The summed E-state index contributed by atoms with van der Waals surface area (Å²) in [6.07, 6.45) is 0.0247. The summed E-state index contributed by atoms with van der Waals surface area (Å²) in [6, 6.07) is 20.0. The number of hydrogen-bond acceptors (Lipinski definition) is 6. The molecule has 8 heteroatoms. The predicted molar refractivity (Wildman–Crippen MR) is 135 cm³/mol. The van der Waals surface area contributed by atoms with Crippen molar-refractivity contribution >= 4 is 29.2 Å². The normalized spacial score (nSPS) is 14.9. The van der Waals surface area contributed by atoms with E-state index in [9.17, 15) is 14.4 Å². The molecule has 2 amide bonds. The molecule has 0 unspecified atom stereocenters. The van der Waals surface area contributed by atoms with Gasteiger partial charge in [0.15, 0.2) is 18.1 Å². The van der Waals surface area contributed by atoms with Crippen molar-refractivity contribution in [1.29, 1.82) is 0 Å². The van der Waals surface area contributed by atoms with Crippen LogP contribution in [0.1, 0.15) is 17.5 Å². The second kappa shape index (κ2) is 10.9. The Labute approximate surface area is 209 Å². The van der Waals surface area contributed by atoms with E-state index in [1.165, 1.54) is 4.90 Å². The largest absolute Gasteiger partial charge is 0.493 e. The van der Waals surface area contributed by atoms with E-state index in [2.05, 4.69) is 5.32 Å². The molecular weight excluding hydrogens is 460 g/mol. The van der Waals surface area contributed by atoms with Crippen LogP contribution in [0.25, 0.3) is 0 Å². The quantitative estimate of drug-likeness (QED) is 0.465. The van der Waals surface area contributed by atoms with Gasteiger partial charge in [-0.1, -0.05) is 24.3 Å². The van der Waals surface area contributed by atoms with Crippen LogP contribution in [0.5, 0.6) is 17.2 Å². The molecular formula is C28H28N2O6. The van der Waals surface area contributed by atoms with Crippen LogP contribution in [0.15, 0.2) is 66.7 Å². The van der Waals surface area contributed by atoms with E-state index in [0.29, 0.717) is 28.6 Å². The lowest BCUT2D eigenvalue weighted by Gasteiger charge is -2.17. The summed E-state index contributed by atoms with van der Waals surface area (Å²) in [7, 11) is 1.57. The van der Waals surface area contributed by atoms with E-state index in [0.717, 1.165) is 11.1 Å². The zero-order valence-electron chi connectivity index (χ0n) is 20.4. The third-order valence-electron chi connectivity index (χ3n) is 5.92. The standard InChI is InChI=1S/C28H28N2O6/c1-18-8-9-19(2)23(14-18)29-26(31)17-35-28(33)20-15-27(32)30(16-20)21-10-12-22(13-11-21)36-25-7-5-4-6-24(25)34-3/h4-14,20H,15-17H2,1-3H3,(H,29,31)/t20-/m0/s1. The van der Waals surface area contributed by atoms with Crippen LogP contribution >= 0.6 is 0 Å². The smallest absolute Gasteiger partial charge is 0.311 e. The predicted octanol–water partition coefficient (Wildman–Crippen LogP) is 4.64. The Morgan fingerprint density at radius 1 is 1.00 bits per heavy atom. The van der Waals surface area contributed by atoms with Crippen molar-refractivity contribution in [2.24, 2.45) is 5.92 Å². The Bertz CT molecular complexity index is 1270. The maximum atomic E-state index is 12.6. The molecule has 0 aromatic heterocycles. The van der Waals surface area contributed by atoms with Crippen LogP contribution in [0, 0.1) is 19.8 Å². The number of anilines is 2. The van der Waals surface area contributed by atoms with Crippen molar-refractivity contribution in [3.05, 3.63) is 77.9 Å². The van der Waals surface area contributed by atoms with Crippen LogP contribution in [-0.4, -0.2) is 38.0 Å². The number of carbonyl (C=O) groups excluding carboxylic acids is 3. The Kier molecular flexibility index (Phi) is 7.53. The summed E-state index contributed by atoms with van der Waals surface area (Å²) in [6.45, 7) is 3.59. The second-order valence-electron chi connectivity index (χ2n) is 8.63. The fraction of sp³-hybridized carbons (Fsp3) is 0.250. The molecule has 1 aliphatic rings. The van der Waals surface area contributed by atoms with Gasteiger partial charge in [-0.05, 0) is 67.4 Å². The van der Waals surface area contributed by atoms with Gasteiger partial charge in [-0.2, -0.15) is 0 Å². The molecule has 0 bridgehead atoms. The van der Waals surface area contributed by atoms with E-state index < -0.39 is 24.4 Å². The summed E-state index contributed by atoms with van der Waals surface area (Å²) in [5, 5.41) is 2.76. The van der Waals surface area contributed by atoms with E-state index in [1.807, 2.05) is 44.2 Å². The number of nitrogens with one attached hydrogen (secondary N) is 1. The van der Waals surface area contributed by atoms with Crippen molar-refractivity contribution in [3.63, 3.8) is 0 Å². The molecule has 1 fully saturated rings. The molecule has 8 nitrogen and oxygen atoms in total. The fourth-order valence-electron chi connectivity index (χ4n) is 3.95. The van der Waals surface area contributed by atoms with Crippen molar-refractivity contribution in [2.75, 3.05) is 30.5 Å². The summed E-state index contributed by atoms with van der Waals surface area (Å²) >= 11 is 0. The molecule has 1 saturated heterocycles. The molecule has 36 heavy (non-hydrogen) atoms. The highest BCUT2D eigenvalue weighted by molar-refractivity contribution is 6.00. The van der Waals surface area contributed by atoms with Gasteiger partial charge in [-0.3, -0.25) is 14.4 Å². The maximum Gasteiger partial charge on any atom is 0.311 e. The van der Waals surface area contributed by atoms with E-state index in [4.69, 9.17) is 14.2 Å². The lowest BCUT2D eigenvalue weighted by molar-refractivity contribution is -0.151. The van der Waals surface area contributed by atoms with E-state index in [1.54, 1.807) is 43.5 Å². The first-order valence-electron chi connectivity index (χ1n) is 11.6. The number of ether oxygens (including phenoxy) is 3. The number of rotatable bonds is 8. The number of aryl methyl sites for hydroxylation is 2. The van der Waals surface area contributed by atoms with Crippen molar-refractivity contribution < 1.29 is 28.6 Å². The molecule has 186 valence electrons. The van der Waals surface area contributed by atoms with Gasteiger partial charge in [-0.15, -0.1) is 0 Å². The third-order valence-corrected chi connectivity index (χ3v) is 5.92. The number of carbonyl (C=O) groups is 3. The average molecular weight is 489 g/mol. The number of methoxy groups -OCH3 is 1. The monoisotopic (exact) mass is 488 g/mol. The minimum atomic E-state index is -0.643. The SMILES string of the molecule is COc1ccccc1Oc1ccc(N2C[C@@H](C(=O)OCC(=O)Nc3cc(C)ccc3C)CC2=O)cc1. The Hall–Kier alpha value is -4.33. The number of hydrogen-bond donors (Lipinski definition) is 1. The number of para-hydroxylation sites is 2. The number of nitrogens with zero attached hydrogens (tertiary/aromatic N) is 1. The fourth-order valence-corrected chi connectivity index (χ4v) is 3.95. The molecule has 4 rings (SSSR count). The summed E-state index contributed by atoms with van der Waals surface area (Å²) in [5.41, 5.74) is 3.25. The highest BCUT2D eigenvalue weighted by Crippen LogP contribution is 2.33. The Morgan fingerprint density at radius 2 is 1.72 bits per heavy atom. The molecule has 0 saturated carbocycles. The van der Waals surface area contributed by atoms with Crippen LogP contribution in [-0.2, 0) is 19.1 Å². The van der Waals surface area contributed by atoms with Crippen molar-refractivity contribution in [3.8, 4) is 17.2 Å². The average Bonchev–Trinajstić information content (AvgIpc) is 3.27. The molecule has 0 radical (unpaired) electrons. The van der Waals surface area contributed by atoms with Crippen molar-refractivity contribution in [1.82, 2.24) is 0 Å². The molecule has 3 aromatic carbocycles. The lowest BCUT2D eigenvalue weighted by Crippen LogP contribution is -2.28. The van der Waals surface area contributed by atoms with Crippen molar-refractivity contribution in [2.45, 2.75) is 20.3 Å². The van der Waals surface area contributed by atoms with Gasteiger partial charge < -0.3 is 24.4 Å². The molecule has 0 aliphatic carbocycles. The number of esters is 1. The van der Waals surface area contributed by atoms with Gasteiger partial charge >= 0.3 is 5.97 Å². The maximum absolute atomic E-state index is 12.6. The van der Waals surface area contributed by atoms with Crippen LogP contribution in [0.2, 0.25) is 0 Å². The first-order chi connectivity index (χ1) is 17.3. The zero-order chi connectivity index (χ0) is 25.7. The van der Waals surface area contributed by atoms with Gasteiger partial charge in [-0.25, -0.2) is 0 Å². The van der Waals surface area contributed by atoms with E-state index >= 15 is 0 Å².